The third kappa shape index (κ3) is 2.55. The fourth-order valence-electron chi connectivity index (χ4n) is 2.02. The first kappa shape index (κ1) is 12.8. The largest absolute Gasteiger partial charge is 0.383 e. The third-order valence-electron chi connectivity index (χ3n) is 2.81. The zero-order chi connectivity index (χ0) is 14.1. The number of nitrogens with one attached hydrogen (secondary N) is 1. The highest BCUT2D eigenvalue weighted by Crippen LogP contribution is 2.25. The maximum atomic E-state index is 5.72. The molecule has 20 heavy (non-hydrogen) atoms. The second-order valence-corrected chi connectivity index (χ2v) is 5.20. The van der Waals surface area contributed by atoms with Crippen molar-refractivity contribution >= 4 is 44.3 Å². The van der Waals surface area contributed by atoms with Gasteiger partial charge in [-0.05, 0) is 35.0 Å². The highest BCUT2D eigenvalue weighted by atomic mass is 79.9. The van der Waals surface area contributed by atoms with E-state index in [1.807, 2.05) is 37.3 Å². The summed E-state index contributed by atoms with van der Waals surface area (Å²) in [6.07, 6.45) is 0. The third-order valence-corrected chi connectivity index (χ3v) is 3.21. The Hall–Kier alpha value is -2.21. The van der Waals surface area contributed by atoms with Crippen LogP contribution in [0, 0.1) is 6.92 Å². The smallest absolute Gasteiger partial charge is 0.230 e. The Kier molecular flexibility index (Phi) is 3.23. The number of pyridine rings is 1. The molecule has 0 spiro atoms. The van der Waals surface area contributed by atoms with Gasteiger partial charge in [0.15, 0.2) is 0 Å². The number of fused-ring (bicyclic) bond motifs is 1. The van der Waals surface area contributed by atoms with E-state index in [0.29, 0.717) is 16.4 Å². The van der Waals surface area contributed by atoms with E-state index in [2.05, 4.69) is 36.2 Å². The number of aryl methyl sites for hydroxylation is 1. The molecule has 0 unspecified atom stereocenters. The van der Waals surface area contributed by atoms with Crippen LogP contribution in [-0.4, -0.2) is 15.0 Å². The highest BCUT2D eigenvalue weighted by molar-refractivity contribution is 9.10. The first-order valence-corrected chi connectivity index (χ1v) is 6.84. The van der Waals surface area contributed by atoms with Crippen LogP contribution in [0.2, 0.25) is 0 Å². The molecule has 3 N–H and O–H groups in total. The summed E-state index contributed by atoms with van der Waals surface area (Å²) >= 11 is 3.31. The van der Waals surface area contributed by atoms with Crippen LogP contribution in [0.25, 0.3) is 10.9 Å². The van der Waals surface area contributed by atoms with E-state index in [1.165, 1.54) is 0 Å². The van der Waals surface area contributed by atoms with Gasteiger partial charge in [-0.15, -0.1) is 0 Å². The molecule has 3 rings (SSSR count). The number of rotatable bonds is 2. The Morgan fingerprint density at radius 3 is 2.70 bits per heavy atom. The minimum atomic E-state index is 0.407. The number of benzene rings is 1. The zero-order valence-corrected chi connectivity index (χ0v) is 12.3. The maximum Gasteiger partial charge on any atom is 0.230 e. The number of nitrogens with two attached hydrogens (primary N) is 1. The summed E-state index contributed by atoms with van der Waals surface area (Å²) in [6.45, 7) is 1.95. The van der Waals surface area contributed by atoms with Crippen LogP contribution in [-0.2, 0) is 0 Å². The molecule has 0 saturated carbocycles. The summed E-state index contributed by atoms with van der Waals surface area (Å²) in [6, 6.07) is 11.5. The van der Waals surface area contributed by atoms with Gasteiger partial charge in [-0.3, -0.25) is 4.98 Å². The molecule has 0 fully saturated rings. The lowest BCUT2D eigenvalue weighted by Gasteiger charge is -2.10. The van der Waals surface area contributed by atoms with Crippen LogP contribution < -0.4 is 11.1 Å². The SMILES string of the molecule is Cc1cc(Nc2nc(N)cc(Br)n2)c2ccccc2n1. The number of hydrogen-bond donors (Lipinski definition) is 2. The van der Waals surface area contributed by atoms with Crippen molar-refractivity contribution in [2.45, 2.75) is 6.92 Å². The van der Waals surface area contributed by atoms with E-state index in [4.69, 9.17) is 5.73 Å². The maximum absolute atomic E-state index is 5.72. The lowest BCUT2D eigenvalue weighted by molar-refractivity contribution is 1.15. The second-order valence-electron chi connectivity index (χ2n) is 4.39. The summed E-state index contributed by atoms with van der Waals surface area (Å²) < 4.78 is 0.641. The molecule has 0 bridgehead atoms. The fourth-order valence-corrected chi connectivity index (χ4v) is 2.43. The van der Waals surface area contributed by atoms with Crippen LogP contribution in [0.15, 0.2) is 41.0 Å². The van der Waals surface area contributed by atoms with Crippen molar-refractivity contribution in [2.75, 3.05) is 11.1 Å². The first-order chi connectivity index (χ1) is 9.61. The average molecular weight is 330 g/mol. The number of nitrogen functional groups attached to an aromatic ring is 1. The van der Waals surface area contributed by atoms with Crippen molar-refractivity contribution in [3.8, 4) is 0 Å². The van der Waals surface area contributed by atoms with Gasteiger partial charge in [0.2, 0.25) is 5.95 Å². The van der Waals surface area contributed by atoms with Gasteiger partial charge in [0.05, 0.1) is 11.2 Å². The number of nitrogens with zero attached hydrogens (tertiary/aromatic N) is 3. The van der Waals surface area contributed by atoms with Gasteiger partial charge in [0.25, 0.3) is 0 Å². The number of halogens is 1. The van der Waals surface area contributed by atoms with Gasteiger partial charge in [-0.25, -0.2) is 4.98 Å². The van der Waals surface area contributed by atoms with Gasteiger partial charge in [0.1, 0.15) is 10.4 Å². The van der Waals surface area contributed by atoms with Crippen LogP contribution >= 0.6 is 15.9 Å². The van der Waals surface area contributed by atoms with Crippen molar-refractivity contribution in [2.24, 2.45) is 0 Å². The Labute approximate surface area is 124 Å². The molecule has 0 aliphatic rings. The summed E-state index contributed by atoms with van der Waals surface area (Å²) in [5.41, 5.74) is 8.48. The number of hydrogen-bond acceptors (Lipinski definition) is 5. The van der Waals surface area contributed by atoms with Gasteiger partial charge in [-0.1, -0.05) is 18.2 Å². The molecule has 0 saturated heterocycles. The average Bonchev–Trinajstić information content (AvgIpc) is 2.37. The Balaban J connectivity index is 2.10. The Morgan fingerprint density at radius 1 is 1.10 bits per heavy atom. The molecule has 2 heterocycles. The Bertz CT molecular complexity index is 767. The first-order valence-electron chi connectivity index (χ1n) is 6.05. The van der Waals surface area contributed by atoms with E-state index in [1.54, 1.807) is 6.07 Å². The molecule has 2 aromatic heterocycles. The van der Waals surface area contributed by atoms with E-state index < -0.39 is 0 Å². The topological polar surface area (TPSA) is 76.7 Å². The van der Waals surface area contributed by atoms with Crippen molar-refractivity contribution < 1.29 is 0 Å². The lowest BCUT2D eigenvalue weighted by Crippen LogP contribution is -2.01. The van der Waals surface area contributed by atoms with E-state index in [0.717, 1.165) is 22.3 Å². The molecule has 100 valence electrons. The number of para-hydroxylation sites is 1. The highest BCUT2D eigenvalue weighted by Gasteiger charge is 2.06. The van der Waals surface area contributed by atoms with E-state index in [-0.39, 0.29) is 0 Å². The second kappa shape index (κ2) is 5.05. The molecule has 6 heteroatoms. The van der Waals surface area contributed by atoms with Gasteiger partial charge < -0.3 is 11.1 Å². The molecule has 0 aliphatic heterocycles. The van der Waals surface area contributed by atoms with Crippen LogP contribution in [0.1, 0.15) is 5.69 Å². The quantitative estimate of drug-likeness (QED) is 0.704. The predicted octanol–water partition coefficient (Wildman–Crippen LogP) is 3.42. The molecule has 0 aliphatic carbocycles. The molecule has 0 amide bonds. The number of aromatic nitrogens is 3. The minimum absolute atomic E-state index is 0.407. The predicted molar refractivity (Wildman–Crippen MR) is 83.9 cm³/mol. The van der Waals surface area contributed by atoms with E-state index in [9.17, 15) is 0 Å². The van der Waals surface area contributed by atoms with Crippen molar-refractivity contribution in [3.63, 3.8) is 0 Å². The standard InChI is InChI=1S/C14H12BrN5/c1-8-6-11(9-4-2-3-5-10(9)17-8)18-14-19-12(15)7-13(16)20-14/h2-7H,1H3,(H3,16,17,18,19,20). The van der Waals surface area contributed by atoms with Crippen molar-refractivity contribution in [1.82, 2.24) is 15.0 Å². The molecule has 0 radical (unpaired) electrons. The van der Waals surface area contributed by atoms with Crippen molar-refractivity contribution in [1.29, 1.82) is 0 Å². The monoisotopic (exact) mass is 329 g/mol. The Morgan fingerprint density at radius 2 is 1.90 bits per heavy atom. The normalized spacial score (nSPS) is 10.7. The van der Waals surface area contributed by atoms with Crippen LogP contribution in [0.3, 0.4) is 0 Å². The molecule has 1 aromatic carbocycles. The molecule has 0 atom stereocenters. The molecular formula is C14H12BrN5. The summed E-state index contributed by atoms with van der Waals surface area (Å²) in [5, 5.41) is 4.21. The van der Waals surface area contributed by atoms with Gasteiger partial charge in [0, 0.05) is 17.1 Å². The van der Waals surface area contributed by atoms with E-state index >= 15 is 0 Å². The summed E-state index contributed by atoms with van der Waals surface area (Å²) in [5.74, 6) is 0.858. The van der Waals surface area contributed by atoms with Gasteiger partial charge in [-0.2, -0.15) is 4.98 Å². The van der Waals surface area contributed by atoms with Crippen molar-refractivity contribution in [3.05, 3.63) is 46.7 Å². The number of anilines is 3. The molecule has 5 nitrogen and oxygen atoms in total. The van der Waals surface area contributed by atoms with Gasteiger partial charge >= 0.3 is 0 Å². The lowest BCUT2D eigenvalue weighted by atomic mass is 10.1. The van der Waals surface area contributed by atoms with Crippen LogP contribution in [0.4, 0.5) is 17.5 Å². The zero-order valence-electron chi connectivity index (χ0n) is 10.8. The summed E-state index contributed by atoms with van der Waals surface area (Å²) in [7, 11) is 0. The molecule has 3 aromatic rings. The van der Waals surface area contributed by atoms with Crippen LogP contribution in [0.5, 0.6) is 0 Å². The fraction of sp³-hybridized carbons (Fsp3) is 0.0714. The molecular weight excluding hydrogens is 318 g/mol. The minimum Gasteiger partial charge on any atom is -0.383 e. The summed E-state index contributed by atoms with van der Waals surface area (Å²) in [4.78, 5) is 12.9.